The largest absolute Gasteiger partial charge is 0.351 e. The van der Waals surface area contributed by atoms with Gasteiger partial charge in [0.05, 0.1) is 23.0 Å². The van der Waals surface area contributed by atoms with E-state index in [4.69, 9.17) is 87.4 Å². The van der Waals surface area contributed by atoms with Gasteiger partial charge >= 0.3 is 59.6 Å². The van der Waals surface area contributed by atoms with Gasteiger partial charge in [-0.1, -0.05) is 155 Å². The standard InChI is InChI=1S/C27H28N2O.C18H21NO.C9H10ClNO.2CH4.Cl5P/c1-17(2)21-16-22(18(3)4)26-24(20-12-8-9-13-23(20)30-26)25(21)29-15-14-28-27(29)19-10-6-5-7-11-19;1-10(2)13-9-14(11(3)4)18-16(17(13)19)12-7-5-6-8-15(12)20-18;10-6-7-11-9(12)8-4-2-1-3-5-8;;;1-6(2,3,4)5/h5-13,16-18H,14-15H2,1-4H3;5-11H,19H2,1-4H3;1-5H,6-7H2,(H,11,12);2*1H4;. The van der Waals surface area contributed by atoms with Crippen LogP contribution >= 0.6 is 71.2 Å². The van der Waals surface area contributed by atoms with E-state index in [9.17, 15) is 4.79 Å². The summed E-state index contributed by atoms with van der Waals surface area (Å²) in [6.07, 6.45) is 0. The number of nitrogens with one attached hydrogen (secondary N) is 1. The van der Waals surface area contributed by atoms with Crippen molar-refractivity contribution in [3.8, 4) is 0 Å². The predicted molar refractivity (Wildman–Crippen MR) is 313 cm³/mol. The van der Waals surface area contributed by atoms with Gasteiger partial charge in [-0.25, -0.2) is 0 Å². The zero-order valence-electron chi connectivity index (χ0n) is 39.6. The maximum absolute atomic E-state index is 11.2. The summed E-state index contributed by atoms with van der Waals surface area (Å²) in [6.45, 7) is 20.0. The monoisotopic (exact) mass is 1080 g/mol. The molecule has 9 rings (SSSR count). The van der Waals surface area contributed by atoms with Crippen LogP contribution in [-0.4, -0.2) is 37.3 Å². The van der Waals surface area contributed by atoms with E-state index in [2.05, 4.69) is 138 Å². The van der Waals surface area contributed by atoms with E-state index in [1.165, 1.54) is 44.3 Å². The van der Waals surface area contributed by atoms with Crippen LogP contribution in [0.3, 0.4) is 0 Å². The summed E-state index contributed by atoms with van der Waals surface area (Å²) in [7, 11) is 0. The second kappa shape index (κ2) is 25.0. The Hall–Kier alpha value is -4.17. The molecule has 0 radical (unpaired) electrons. The Bertz CT molecular complexity index is 3020. The molecule has 6 aromatic carbocycles. The number of carbonyl (C=O) groups excluding carboxylic acids is 1. The fraction of sp³-hybridized carbons (Fsp3) is 0.321. The van der Waals surface area contributed by atoms with Crippen LogP contribution in [-0.2, 0) is 0 Å². The minimum Gasteiger partial charge on any atom is -0.351 e. The number of benzene rings is 6. The third-order valence-electron chi connectivity index (χ3n) is 11.5. The Morgan fingerprint density at radius 2 is 1.07 bits per heavy atom. The molecule has 3 heterocycles. The summed E-state index contributed by atoms with van der Waals surface area (Å²) >= 11 is 30.3. The van der Waals surface area contributed by atoms with Gasteiger partial charge in [0.2, 0.25) is 0 Å². The van der Waals surface area contributed by atoms with Crippen molar-refractivity contribution in [3.63, 3.8) is 0 Å². The third-order valence-corrected chi connectivity index (χ3v) is 11.7. The van der Waals surface area contributed by atoms with Gasteiger partial charge in [-0.3, -0.25) is 9.79 Å². The molecule has 376 valence electrons. The summed E-state index contributed by atoms with van der Waals surface area (Å²) in [5, 5.41) is 7.29. The summed E-state index contributed by atoms with van der Waals surface area (Å²) in [4.78, 5) is 18.6. The van der Waals surface area contributed by atoms with Crippen molar-refractivity contribution in [1.29, 1.82) is 0 Å². The Morgan fingerprint density at radius 3 is 1.56 bits per heavy atom. The molecule has 70 heavy (non-hydrogen) atoms. The van der Waals surface area contributed by atoms with Crippen molar-refractivity contribution >= 4 is 138 Å². The topological polar surface area (TPSA) is 97.0 Å². The Labute approximate surface area is 443 Å². The summed E-state index contributed by atoms with van der Waals surface area (Å²) in [5.41, 5.74) is 19.3. The van der Waals surface area contributed by atoms with Crippen LogP contribution in [0.5, 0.6) is 0 Å². The van der Waals surface area contributed by atoms with Crippen LogP contribution in [0.25, 0.3) is 43.9 Å². The maximum atomic E-state index is 11.2. The van der Waals surface area contributed by atoms with Gasteiger partial charge in [-0.15, -0.1) is 11.6 Å². The number of rotatable bonds is 9. The van der Waals surface area contributed by atoms with Gasteiger partial charge in [-0.2, -0.15) is 0 Å². The quantitative estimate of drug-likeness (QED) is 0.0853. The smallest absolute Gasteiger partial charge is 0.251 e. The van der Waals surface area contributed by atoms with E-state index in [1.54, 1.807) is 12.1 Å². The van der Waals surface area contributed by atoms with E-state index >= 15 is 0 Å². The fourth-order valence-electron chi connectivity index (χ4n) is 8.32. The number of amidine groups is 1. The van der Waals surface area contributed by atoms with Crippen molar-refractivity contribution < 1.29 is 13.6 Å². The number of fused-ring (bicyclic) bond motifs is 6. The number of para-hydroxylation sites is 2. The molecule has 0 atom stereocenters. The average Bonchev–Trinajstić information content (AvgIpc) is 4.04. The van der Waals surface area contributed by atoms with Crippen molar-refractivity contribution in [2.75, 3.05) is 36.1 Å². The molecule has 2 aromatic heterocycles. The van der Waals surface area contributed by atoms with Crippen LogP contribution in [0.1, 0.15) is 132 Å². The van der Waals surface area contributed by atoms with Gasteiger partial charge in [-0.05, 0) is 82.3 Å². The molecule has 0 saturated heterocycles. The molecular weight excluding hydrogens is 1020 g/mol. The number of amides is 1. The average molecular weight is 1090 g/mol. The van der Waals surface area contributed by atoms with Gasteiger partial charge in [0, 0.05) is 46.6 Å². The van der Waals surface area contributed by atoms with E-state index in [0.717, 1.165) is 57.7 Å². The molecule has 0 saturated carbocycles. The molecule has 0 aliphatic carbocycles. The van der Waals surface area contributed by atoms with Gasteiger partial charge in [0.25, 0.3) is 5.91 Å². The minimum atomic E-state index is -3.69. The molecule has 1 amide bonds. The number of halogens is 6. The van der Waals surface area contributed by atoms with Gasteiger partial charge in [0.1, 0.15) is 28.2 Å². The Kier molecular flexibility index (Phi) is 20.8. The van der Waals surface area contributed by atoms with E-state index in [1.807, 2.05) is 36.4 Å². The van der Waals surface area contributed by atoms with Crippen LogP contribution < -0.4 is 16.0 Å². The number of nitrogen functional groups attached to an aromatic ring is 1. The Balaban J connectivity index is 0.000000230. The first-order valence-corrected chi connectivity index (χ1v) is 30.0. The number of furan rings is 2. The number of alkyl halides is 1. The first-order chi connectivity index (χ1) is 32.1. The molecule has 0 unspecified atom stereocenters. The van der Waals surface area contributed by atoms with Crippen molar-refractivity contribution in [1.82, 2.24) is 5.32 Å². The number of nitrogens with zero attached hydrogens (tertiary/aromatic N) is 2. The minimum absolute atomic E-state index is 0. The summed E-state index contributed by atoms with van der Waals surface area (Å²) in [6, 6.07) is 40.7. The molecule has 8 aromatic rings. The zero-order chi connectivity index (χ0) is 49.5. The summed E-state index contributed by atoms with van der Waals surface area (Å²) < 4.78 is 8.85. The van der Waals surface area contributed by atoms with Gasteiger partial charge < -0.3 is 24.8 Å². The molecule has 0 spiro atoms. The van der Waals surface area contributed by atoms with E-state index < -0.39 is 3.37 Å². The first-order valence-electron chi connectivity index (χ1n) is 22.7. The molecule has 0 fully saturated rings. The molecule has 14 heteroatoms. The third kappa shape index (κ3) is 14.5. The van der Waals surface area contributed by atoms with Crippen molar-refractivity contribution in [2.45, 2.75) is 93.9 Å². The van der Waals surface area contributed by atoms with Crippen LogP contribution in [0.4, 0.5) is 11.4 Å². The molecule has 1 aliphatic heterocycles. The second-order valence-electron chi connectivity index (χ2n) is 17.8. The number of hydrogen-bond acceptors (Lipinski definition) is 6. The van der Waals surface area contributed by atoms with Gasteiger partial charge in [0.15, 0.2) is 0 Å². The molecule has 3 N–H and O–H groups in total. The van der Waals surface area contributed by atoms with Crippen molar-refractivity contribution in [3.05, 3.63) is 155 Å². The van der Waals surface area contributed by atoms with E-state index in [0.29, 0.717) is 41.7 Å². The van der Waals surface area contributed by atoms with Crippen molar-refractivity contribution in [2.24, 2.45) is 4.99 Å². The first kappa shape index (κ1) is 58.4. The van der Waals surface area contributed by atoms with Crippen LogP contribution in [0.2, 0.25) is 0 Å². The fourth-order valence-corrected chi connectivity index (χ4v) is 8.41. The van der Waals surface area contributed by atoms with Crippen LogP contribution in [0.15, 0.2) is 135 Å². The molecule has 0 bridgehead atoms. The molecule has 7 nitrogen and oxygen atoms in total. The maximum Gasteiger partial charge on any atom is 0.251 e. The number of hydrogen-bond donors (Lipinski definition) is 2. The van der Waals surface area contributed by atoms with Crippen LogP contribution in [0, 0.1) is 0 Å². The predicted octanol–water partition coefficient (Wildman–Crippen LogP) is 19.8. The number of aliphatic imine (C=N–C) groups is 1. The SMILES string of the molecule is C.C.CC(C)c1cc(C(C)C)c2oc3ccccc3c2c1N.CC(C)c1cc(C(C)C)c2oc3ccccc3c2c1N1CCN=C1c1ccccc1.ClP(Cl)(Cl)(Cl)Cl.O=C(NCCCl)c1ccccc1. The zero-order valence-corrected chi connectivity index (χ0v) is 45.0. The molecular formula is C56H67Cl6N4O3P. The second-order valence-corrected chi connectivity index (χ2v) is 34.8. The Morgan fingerprint density at radius 1 is 0.643 bits per heavy atom. The number of anilines is 2. The normalized spacial score (nSPS) is 12.9. The number of carbonyl (C=O) groups is 1. The molecule has 1 aliphatic rings. The van der Waals surface area contributed by atoms with E-state index in [-0.39, 0.29) is 20.8 Å². The summed E-state index contributed by atoms with van der Waals surface area (Å²) in [5.74, 6) is 3.03. The number of nitrogens with two attached hydrogens (primary N) is 1.